The molecule has 1 N–H and O–H groups in total. The minimum Gasteiger partial charge on any atom is -0.350 e. The number of amides is 1. The zero-order chi connectivity index (χ0) is 11.4. The second-order valence-electron chi connectivity index (χ2n) is 4.25. The van der Waals surface area contributed by atoms with E-state index in [1.807, 2.05) is 29.3 Å². The van der Waals surface area contributed by atoms with Crippen molar-refractivity contribution >= 4 is 29.0 Å². The van der Waals surface area contributed by atoms with E-state index in [1.54, 1.807) is 0 Å². The maximum Gasteiger partial charge on any atom is 0.261 e. The molecule has 88 valence electrons. The third-order valence-electron chi connectivity index (χ3n) is 3.26. The van der Waals surface area contributed by atoms with Gasteiger partial charge in [0, 0.05) is 11.3 Å². The third-order valence-corrected chi connectivity index (χ3v) is 5.55. The van der Waals surface area contributed by atoms with E-state index >= 15 is 0 Å². The lowest BCUT2D eigenvalue weighted by Gasteiger charge is -2.26. The molecule has 0 saturated heterocycles. The van der Waals surface area contributed by atoms with Crippen molar-refractivity contribution in [2.45, 2.75) is 30.4 Å². The Hall–Kier alpha value is -0.480. The van der Waals surface area contributed by atoms with E-state index in [9.17, 15) is 4.79 Å². The molecule has 0 aliphatic heterocycles. The van der Waals surface area contributed by atoms with Crippen molar-refractivity contribution in [2.75, 3.05) is 12.8 Å². The van der Waals surface area contributed by atoms with E-state index in [-0.39, 0.29) is 5.91 Å². The van der Waals surface area contributed by atoms with E-state index in [0.717, 1.165) is 11.4 Å². The van der Waals surface area contributed by atoms with E-state index in [1.165, 1.54) is 37.0 Å². The quantitative estimate of drug-likeness (QED) is 0.895. The van der Waals surface area contributed by atoms with Crippen molar-refractivity contribution in [3.05, 3.63) is 22.4 Å². The number of thioether (sulfide) groups is 1. The highest BCUT2D eigenvalue weighted by Crippen LogP contribution is 2.39. The van der Waals surface area contributed by atoms with Gasteiger partial charge in [0.25, 0.3) is 5.91 Å². The predicted molar refractivity (Wildman–Crippen MR) is 71.4 cm³/mol. The largest absolute Gasteiger partial charge is 0.350 e. The van der Waals surface area contributed by atoms with Crippen LogP contribution in [0, 0.1) is 0 Å². The molecule has 0 atom stereocenters. The van der Waals surface area contributed by atoms with Gasteiger partial charge in [-0.2, -0.15) is 11.8 Å². The maximum absolute atomic E-state index is 11.8. The molecular formula is C12H17NOS2. The summed E-state index contributed by atoms with van der Waals surface area (Å²) in [5, 5.41) is 5.01. The molecule has 2 nitrogen and oxygen atoms in total. The van der Waals surface area contributed by atoms with Crippen LogP contribution in [0.2, 0.25) is 0 Å². The van der Waals surface area contributed by atoms with Crippen LogP contribution in [-0.2, 0) is 0 Å². The van der Waals surface area contributed by atoms with Gasteiger partial charge < -0.3 is 5.32 Å². The highest BCUT2D eigenvalue weighted by atomic mass is 32.2. The van der Waals surface area contributed by atoms with Gasteiger partial charge in [-0.3, -0.25) is 4.79 Å². The second kappa shape index (κ2) is 5.23. The highest BCUT2D eigenvalue weighted by molar-refractivity contribution is 8.00. The Kier molecular flexibility index (Phi) is 3.92. The molecule has 1 aromatic rings. The fraction of sp³-hybridized carbons (Fsp3) is 0.583. The molecule has 16 heavy (non-hydrogen) atoms. The highest BCUT2D eigenvalue weighted by Gasteiger charge is 2.33. The molecule has 1 amide bonds. The number of rotatable bonds is 4. The summed E-state index contributed by atoms with van der Waals surface area (Å²) in [6, 6.07) is 3.79. The molecule has 0 spiro atoms. The third kappa shape index (κ3) is 2.61. The average Bonchev–Trinajstić information content (AvgIpc) is 2.98. The number of carbonyl (C=O) groups is 1. The molecule has 0 bridgehead atoms. The van der Waals surface area contributed by atoms with Crippen LogP contribution >= 0.6 is 23.1 Å². The second-order valence-corrected chi connectivity index (χ2v) is 6.48. The standard InChI is InChI=1S/C12H17NOS2/c1-15-12(6-2-3-7-12)9-13-11(14)10-5-4-8-16-10/h4-5,8H,2-3,6-7,9H2,1H3,(H,13,14). The van der Waals surface area contributed by atoms with Gasteiger partial charge >= 0.3 is 0 Å². The summed E-state index contributed by atoms with van der Waals surface area (Å²) >= 11 is 3.41. The summed E-state index contributed by atoms with van der Waals surface area (Å²) in [4.78, 5) is 12.6. The average molecular weight is 255 g/mol. The number of nitrogens with one attached hydrogen (secondary N) is 1. The minimum absolute atomic E-state index is 0.0790. The van der Waals surface area contributed by atoms with Crippen molar-refractivity contribution in [2.24, 2.45) is 0 Å². The first-order chi connectivity index (χ1) is 7.76. The first kappa shape index (κ1) is 12.0. The van der Waals surface area contributed by atoms with Gasteiger partial charge in [-0.25, -0.2) is 0 Å². The van der Waals surface area contributed by atoms with E-state index < -0.39 is 0 Å². The molecule has 0 unspecified atom stereocenters. The smallest absolute Gasteiger partial charge is 0.261 e. The van der Waals surface area contributed by atoms with E-state index in [4.69, 9.17) is 0 Å². The van der Waals surface area contributed by atoms with Crippen molar-refractivity contribution in [1.29, 1.82) is 0 Å². The molecule has 1 aromatic heterocycles. The lowest BCUT2D eigenvalue weighted by molar-refractivity contribution is 0.0953. The lowest BCUT2D eigenvalue weighted by atomic mass is 10.1. The molecule has 2 rings (SSSR count). The summed E-state index contributed by atoms with van der Waals surface area (Å²) in [5.74, 6) is 0.0790. The number of carbonyl (C=O) groups excluding carboxylic acids is 1. The summed E-state index contributed by atoms with van der Waals surface area (Å²) in [7, 11) is 0. The van der Waals surface area contributed by atoms with Crippen LogP contribution in [0.25, 0.3) is 0 Å². The Labute approximate surface area is 105 Å². The van der Waals surface area contributed by atoms with Gasteiger partial charge in [0.05, 0.1) is 4.88 Å². The Morgan fingerprint density at radius 2 is 2.31 bits per heavy atom. The Morgan fingerprint density at radius 3 is 2.88 bits per heavy atom. The van der Waals surface area contributed by atoms with Crippen molar-refractivity contribution in [1.82, 2.24) is 5.32 Å². The van der Waals surface area contributed by atoms with E-state index in [2.05, 4.69) is 11.6 Å². The number of hydrogen-bond acceptors (Lipinski definition) is 3. The Morgan fingerprint density at radius 1 is 1.56 bits per heavy atom. The van der Waals surface area contributed by atoms with Crippen molar-refractivity contribution in [3.8, 4) is 0 Å². The molecular weight excluding hydrogens is 238 g/mol. The fourth-order valence-corrected chi connectivity index (χ4v) is 3.76. The van der Waals surface area contributed by atoms with Crippen LogP contribution in [0.5, 0.6) is 0 Å². The van der Waals surface area contributed by atoms with E-state index in [0.29, 0.717) is 4.75 Å². The van der Waals surface area contributed by atoms with Crippen LogP contribution in [0.4, 0.5) is 0 Å². The predicted octanol–water partition coefficient (Wildman–Crippen LogP) is 3.15. The van der Waals surface area contributed by atoms with Gasteiger partial charge in [-0.15, -0.1) is 11.3 Å². The summed E-state index contributed by atoms with van der Waals surface area (Å²) in [5.41, 5.74) is 0. The summed E-state index contributed by atoms with van der Waals surface area (Å²) in [6.45, 7) is 0.810. The first-order valence-electron chi connectivity index (χ1n) is 5.63. The maximum atomic E-state index is 11.8. The van der Waals surface area contributed by atoms with Crippen LogP contribution in [0.15, 0.2) is 17.5 Å². The van der Waals surface area contributed by atoms with Crippen LogP contribution in [0.3, 0.4) is 0 Å². The van der Waals surface area contributed by atoms with Crippen LogP contribution in [0.1, 0.15) is 35.4 Å². The fourth-order valence-electron chi connectivity index (χ4n) is 2.21. The summed E-state index contributed by atoms with van der Waals surface area (Å²) in [6.07, 6.45) is 7.23. The Bertz CT molecular complexity index is 342. The van der Waals surface area contributed by atoms with Gasteiger partial charge in [0.2, 0.25) is 0 Å². The zero-order valence-corrected chi connectivity index (χ0v) is 11.1. The first-order valence-corrected chi connectivity index (χ1v) is 7.73. The topological polar surface area (TPSA) is 29.1 Å². The number of hydrogen-bond donors (Lipinski definition) is 1. The van der Waals surface area contributed by atoms with Crippen molar-refractivity contribution < 1.29 is 4.79 Å². The monoisotopic (exact) mass is 255 g/mol. The minimum atomic E-state index is 0.0790. The normalized spacial score (nSPS) is 18.6. The van der Waals surface area contributed by atoms with Crippen molar-refractivity contribution in [3.63, 3.8) is 0 Å². The lowest BCUT2D eigenvalue weighted by Crippen LogP contribution is -2.38. The molecule has 1 fully saturated rings. The van der Waals surface area contributed by atoms with Crippen LogP contribution < -0.4 is 5.32 Å². The SMILES string of the molecule is CSC1(CNC(=O)c2cccs2)CCCC1. The molecule has 1 aliphatic rings. The Balaban J connectivity index is 1.89. The van der Waals surface area contributed by atoms with Gasteiger partial charge in [0.1, 0.15) is 0 Å². The number of thiophene rings is 1. The van der Waals surface area contributed by atoms with Gasteiger partial charge in [0.15, 0.2) is 0 Å². The van der Waals surface area contributed by atoms with Gasteiger partial charge in [-0.05, 0) is 30.5 Å². The molecule has 1 heterocycles. The summed E-state index contributed by atoms with van der Waals surface area (Å²) < 4.78 is 0.299. The molecule has 1 aliphatic carbocycles. The molecule has 0 radical (unpaired) electrons. The van der Waals surface area contributed by atoms with Gasteiger partial charge in [-0.1, -0.05) is 18.9 Å². The molecule has 0 aromatic carbocycles. The molecule has 4 heteroatoms. The van der Waals surface area contributed by atoms with Crippen LogP contribution in [-0.4, -0.2) is 23.5 Å². The zero-order valence-electron chi connectivity index (χ0n) is 9.49. The molecule has 1 saturated carbocycles.